The Kier molecular flexibility index (Phi) is 9.43. The van der Waals surface area contributed by atoms with Gasteiger partial charge in [0, 0.05) is 32.0 Å². The molecule has 40 heavy (non-hydrogen) atoms. The van der Waals surface area contributed by atoms with E-state index in [4.69, 9.17) is 4.74 Å². The summed E-state index contributed by atoms with van der Waals surface area (Å²) in [5, 5.41) is 19.1. The number of aromatic nitrogens is 2. The molecule has 0 aliphatic carbocycles. The second-order valence-corrected chi connectivity index (χ2v) is 9.73. The normalized spacial score (nSPS) is 11.6. The number of methoxy groups -OCH3 is 1. The van der Waals surface area contributed by atoms with Crippen LogP contribution in [0.5, 0.6) is 0 Å². The van der Waals surface area contributed by atoms with Crippen molar-refractivity contribution >= 4 is 40.8 Å². The molecule has 0 spiro atoms. The number of carbonyl (C=O) groups is 4. The third kappa shape index (κ3) is 7.56. The van der Waals surface area contributed by atoms with E-state index in [0.29, 0.717) is 23.4 Å². The van der Waals surface area contributed by atoms with Crippen molar-refractivity contribution < 1.29 is 28.8 Å². The molecule has 0 saturated carbocycles. The fourth-order valence-electron chi connectivity index (χ4n) is 4.14. The first-order chi connectivity index (χ1) is 18.9. The van der Waals surface area contributed by atoms with Gasteiger partial charge >= 0.3 is 5.97 Å². The first kappa shape index (κ1) is 29.6. The summed E-state index contributed by atoms with van der Waals surface area (Å²) < 4.78 is 7.66. The zero-order chi connectivity index (χ0) is 29.6. The van der Waals surface area contributed by atoms with Crippen LogP contribution in [-0.4, -0.2) is 50.9 Å². The van der Waals surface area contributed by atoms with E-state index >= 15 is 0 Å². The van der Waals surface area contributed by atoms with Crippen LogP contribution in [0.3, 0.4) is 0 Å². The summed E-state index contributed by atoms with van der Waals surface area (Å²) in [5.41, 5.74) is 1.52. The van der Waals surface area contributed by atoms with Gasteiger partial charge in [0.2, 0.25) is 5.91 Å². The molecule has 3 rings (SSSR count). The number of hydrogen-bond donors (Lipinski definition) is 3. The zero-order valence-electron chi connectivity index (χ0n) is 22.9. The number of ether oxygens (including phenoxy) is 1. The van der Waals surface area contributed by atoms with Crippen LogP contribution in [0.4, 0.5) is 17.1 Å². The SMILES string of the molecule is COC(=O)[C@H](CC(C)C)NC(=O)Cc1cccc(NC(=O)c2cc(NC(=O)c3cc([N+](=O)[O-])cn3C)cn2C)c1. The molecule has 1 aromatic carbocycles. The van der Waals surface area contributed by atoms with Crippen LogP contribution in [0, 0.1) is 16.0 Å². The van der Waals surface area contributed by atoms with E-state index in [1.54, 1.807) is 37.5 Å². The number of anilines is 2. The lowest BCUT2D eigenvalue weighted by molar-refractivity contribution is -0.384. The fourth-order valence-corrected chi connectivity index (χ4v) is 4.14. The molecule has 212 valence electrons. The second-order valence-electron chi connectivity index (χ2n) is 9.73. The lowest BCUT2D eigenvalue weighted by Gasteiger charge is -2.18. The number of nitrogens with one attached hydrogen (secondary N) is 3. The number of nitro groups is 1. The molecule has 0 bridgehead atoms. The molecule has 13 nitrogen and oxygen atoms in total. The van der Waals surface area contributed by atoms with Crippen LogP contribution in [0.15, 0.2) is 48.8 Å². The predicted molar refractivity (Wildman–Crippen MR) is 147 cm³/mol. The van der Waals surface area contributed by atoms with Crippen molar-refractivity contribution in [2.24, 2.45) is 20.0 Å². The smallest absolute Gasteiger partial charge is 0.328 e. The molecule has 1 atom stereocenters. The van der Waals surface area contributed by atoms with Crippen LogP contribution >= 0.6 is 0 Å². The van der Waals surface area contributed by atoms with Crippen molar-refractivity contribution in [3.63, 3.8) is 0 Å². The second kappa shape index (κ2) is 12.7. The minimum atomic E-state index is -0.746. The minimum absolute atomic E-state index is 0.00699. The third-order valence-electron chi connectivity index (χ3n) is 6.01. The number of nitrogens with zero attached hydrogens (tertiary/aromatic N) is 3. The maximum atomic E-state index is 13.0. The van der Waals surface area contributed by atoms with Crippen molar-refractivity contribution in [3.8, 4) is 0 Å². The van der Waals surface area contributed by atoms with Crippen molar-refractivity contribution in [3.05, 3.63) is 75.9 Å². The molecule has 0 unspecified atom stereocenters. The average Bonchev–Trinajstić information content (AvgIpc) is 3.45. The van der Waals surface area contributed by atoms with Crippen LogP contribution in [0.25, 0.3) is 0 Å². The summed E-state index contributed by atoms with van der Waals surface area (Å²) >= 11 is 0. The molecule has 3 amide bonds. The zero-order valence-corrected chi connectivity index (χ0v) is 22.9. The summed E-state index contributed by atoms with van der Waals surface area (Å²) in [6.45, 7) is 3.88. The number of benzene rings is 1. The maximum absolute atomic E-state index is 13.0. The highest BCUT2D eigenvalue weighted by molar-refractivity contribution is 6.07. The highest BCUT2D eigenvalue weighted by atomic mass is 16.6. The van der Waals surface area contributed by atoms with Gasteiger partial charge in [-0.25, -0.2) is 4.79 Å². The molecule has 2 aromatic heterocycles. The van der Waals surface area contributed by atoms with E-state index in [2.05, 4.69) is 16.0 Å². The van der Waals surface area contributed by atoms with Crippen LogP contribution in [0.2, 0.25) is 0 Å². The van der Waals surface area contributed by atoms with Gasteiger partial charge in [0.15, 0.2) is 0 Å². The first-order valence-corrected chi connectivity index (χ1v) is 12.4. The highest BCUT2D eigenvalue weighted by Crippen LogP contribution is 2.20. The molecule has 0 aliphatic rings. The molecular weight excluding hydrogens is 520 g/mol. The third-order valence-corrected chi connectivity index (χ3v) is 6.01. The van der Waals surface area contributed by atoms with Crippen LogP contribution < -0.4 is 16.0 Å². The number of esters is 1. The van der Waals surface area contributed by atoms with Crippen molar-refractivity contribution in [1.29, 1.82) is 0 Å². The average molecular weight is 553 g/mol. The fraction of sp³-hybridized carbons (Fsp3) is 0.333. The molecule has 3 aromatic rings. The van der Waals surface area contributed by atoms with E-state index in [1.807, 2.05) is 13.8 Å². The van der Waals surface area contributed by atoms with E-state index in [-0.39, 0.29) is 35.3 Å². The lowest BCUT2D eigenvalue weighted by Crippen LogP contribution is -2.43. The standard InChI is InChI=1S/C27H32N6O7/c1-16(2)9-21(27(37)40-5)30-24(34)11-17-7-6-8-18(10-17)28-25(35)22-12-19(14-31(22)3)29-26(36)23-13-20(33(38)39)15-32(23)4/h6-8,10,12-16,21H,9,11H2,1-5H3,(H,28,35)(H,29,36)(H,30,34)/t21-/m0/s1. The Hall–Kier alpha value is -4.94. The van der Waals surface area contributed by atoms with Crippen molar-refractivity contribution in [2.75, 3.05) is 17.7 Å². The van der Waals surface area contributed by atoms with Gasteiger partial charge < -0.3 is 29.8 Å². The Morgan fingerprint density at radius 1 is 0.950 bits per heavy atom. The summed E-state index contributed by atoms with van der Waals surface area (Å²) in [4.78, 5) is 60.6. The number of carbonyl (C=O) groups excluding carboxylic acids is 4. The van der Waals surface area contributed by atoms with E-state index in [9.17, 15) is 29.3 Å². The summed E-state index contributed by atoms with van der Waals surface area (Å²) in [7, 11) is 4.43. The number of hydrogen-bond acceptors (Lipinski definition) is 7. The number of amides is 3. The highest BCUT2D eigenvalue weighted by Gasteiger charge is 2.23. The summed E-state index contributed by atoms with van der Waals surface area (Å²) in [6, 6.07) is 8.64. The lowest BCUT2D eigenvalue weighted by atomic mass is 10.0. The van der Waals surface area contributed by atoms with Gasteiger partial charge in [-0.15, -0.1) is 0 Å². The van der Waals surface area contributed by atoms with Gasteiger partial charge in [0.1, 0.15) is 17.4 Å². The summed E-state index contributed by atoms with van der Waals surface area (Å²) in [6.07, 6.45) is 3.21. The van der Waals surface area contributed by atoms with Gasteiger partial charge in [0.05, 0.1) is 30.3 Å². The van der Waals surface area contributed by atoms with Gasteiger partial charge in [-0.1, -0.05) is 26.0 Å². The van der Waals surface area contributed by atoms with Crippen molar-refractivity contribution in [1.82, 2.24) is 14.5 Å². The Morgan fingerprint density at radius 2 is 1.57 bits per heavy atom. The van der Waals surface area contributed by atoms with E-state index in [1.165, 1.54) is 41.6 Å². The molecular formula is C27H32N6O7. The minimum Gasteiger partial charge on any atom is -0.467 e. The topological polar surface area (TPSA) is 167 Å². The van der Waals surface area contributed by atoms with Gasteiger partial charge in [-0.05, 0) is 36.1 Å². The van der Waals surface area contributed by atoms with Crippen molar-refractivity contribution in [2.45, 2.75) is 32.7 Å². The van der Waals surface area contributed by atoms with Gasteiger partial charge in [-0.3, -0.25) is 24.5 Å². The Balaban J connectivity index is 1.65. The van der Waals surface area contributed by atoms with E-state index < -0.39 is 28.7 Å². The van der Waals surface area contributed by atoms with E-state index in [0.717, 1.165) is 0 Å². The van der Waals surface area contributed by atoms with Gasteiger partial charge in [-0.2, -0.15) is 0 Å². The quantitative estimate of drug-likeness (QED) is 0.187. The molecule has 0 radical (unpaired) electrons. The first-order valence-electron chi connectivity index (χ1n) is 12.4. The van der Waals surface area contributed by atoms with Crippen LogP contribution in [-0.2, 0) is 34.8 Å². The Bertz CT molecular complexity index is 1440. The van der Waals surface area contributed by atoms with Gasteiger partial charge in [0.25, 0.3) is 17.5 Å². The molecule has 13 heteroatoms. The maximum Gasteiger partial charge on any atom is 0.328 e. The largest absolute Gasteiger partial charge is 0.467 e. The Morgan fingerprint density at radius 3 is 2.17 bits per heavy atom. The monoisotopic (exact) mass is 552 g/mol. The molecule has 0 aliphatic heterocycles. The summed E-state index contributed by atoms with van der Waals surface area (Å²) in [5.74, 6) is -1.71. The molecule has 3 N–H and O–H groups in total. The predicted octanol–water partition coefficient (Wildman–Crippen LogP) is 3.02. The Labute approximate surface area is 230 Å². The van der Waals surface area contributed by atoms with Crippen LogP contribution in [0.1, 0.15) is 46.8 Å². The molecule has 2 heterocycles. The molecule has 0 saturated heterocycles. The number of rotatable bonds is 11. The molecule has 0 fully saturated rings. The number of aryl methyl sites for hydroxylation is 2.